The Bertz CT molecular complexity index is 1610. The van der Waals surface area contributed by atoms with Gasteiger partial charge in [-0.15, -0.1) is 0 Å². The Morgan fingerprint density at radius 1 is 0.600 bits per heavy atom. The molecule has 0 aliphatic carbocycles. The maximum absolute atomic E-state index is 10.8. The van der Waals surface area contributed by atoms with Crippen LogP contribution in [0.2, 0.25) is 0 Å². The highest BCUT2D eigenvalue weighted by molar-refractivity contribution is 7.85. The molecule has 0 spiro atoms. The van der Waals surface area contributed by atoms with Gasteiger partial charge in [0.15, 0.2) is 12.4 Å². The summed E-state index contributed by atoms with van der Waals surface area (Å²) in [5, 5.41) is 0. The van der Waals surface area contributed by atoms with Crippen LogP contribution in [0.4, 0.5) is 17.1 Å². The van der Waals surface area contributed by atoms with Gasteiger partial charge in [0.1, 0.15) is 6.54 Å². The molecule has 5 rings (SSSR count). The first kappa shape index (κ1) is 27.1. The molecular weight excluding hydrogens is 516 g/mol. The van der Waals surface area contributed by atoms with Gasteiger partial charge in [-0.1, -0.05) is 84.9 Å². The summed E-state index contributed by atoms with van der Waals surface area (Å²) >= 11 is 0. The molecule has 40 heavy (non-hydrogen) atoms. The van der Waals surface area contributed by atoms with Crippen molar-refractivity contribution in [2.24, 2.45) is 0 Å². The third kappa shape index (κ3) is 7.32. The van der Waals surface area contributed by atoms with E-state index in [1.807, 2.05) is 47.3 Å². The van der Waals surface area contributed by atoms with E-state index in [2.05, 4.69) is 108 Å². The molecule has 4 aromatic carbocycles. The third-order valence-corrected chi connectivity index (χ3v) is 7.38. The average molecular weight is 547 g/mol. The second-order valence-corrected chi connectivity index (χ2v) is 11.0. The van der Waals surface area contributed by atoms with E-state index < -0.39 is 10.1 Å². The van der Waals surface area contributed by atoms with Gasteiger partial charge in [0, 0.05) is 41.4 Å². The van der Waals surface area contributed by atoms with E-state index in [1.54, 1.807) is 0 Å². The first-order valence-corrected chi connectivity index (χ1v) is 14.7. The lowest BCUT2D eigenvalue weighted by Gasteiger charge is -2.25. The van der Waals surface area contributed by atoms with Gasteiger partial charge in [-0.2, -0.15) is 0 Å². The molecule has 0 saturated heterocycles. The highest BCUT2D eigenvalue weighted by atomic mass is 32.2. The average Bonchev–Trinajstić information content (AvgIpc) is 2.98. The maximum atomic E-state index is 10.8. The molecular formula is C34H30N2O3S. The van der Waals surface area contributed by atoms with E-state index in [0.717, 1.165) is 39.3 Å². The Balaban J connectivity index is 1.25. The molecule has 0 N–H and O–H groups in total. The zero-order valence-corrected chi connectivity index (χ0v) is 22.8. The standard InChI is InChI=1S/C34H30N2O3S/c37-40(38,39)27-7-24-35-25-22-29(23-26-35)13-12-28-14-16-30(17-15-28)31-18-20-34(21-19-31)36(32-8-3-1-4-9-32)33-10-5-2-6-11-33/h1-6,8-23,25-26H,7,24,27H2. The minimum Gasteiger partial charge on any atom is -0.748 e. The summed E-state index contributed by atoms with van der Waals surface area (Å²) in [6.07, 6.45) is 8.19. The lowest BCUT2D eigenvalue weighted by molar-refractivity contribution is -0.696. The molecule has 200 valence electrons. The second kappa shape index (κ2) is 12.6. The monoisotopic (exact) mass is 546 g/mol. The highest BCUT2D eigenvalue weighted by Crippen LogP contribution is 2.35. The number of benzene rings is 4. The molecule has 5 aromatic rings. The molecule has 1 aromatic heterocycles. The van der Waals surface area contributed by atoms with E-state index in [4.69, 9.17) is 0 Å². The van der Waals surface area contributed by atoms with Crippen LogP contribution in [0.5, 0.6) is 0 Å². The van der Waals surface area contributed by atoms with Crippen LogP contribution >= 0.6 is 0 Å². The lowest BCUT2D eigenvalue weighted by atomic mass is 10.0. The van der Waals surface area contributed by atoms with E-state index >= 15 is 0 Å². The van der Waals surface area contributed by atoms with Gasteiger partial charge in [0.25, 0.3) is 0 Å². The number of rotatable bonds is 10. The smallest absolute Gasteiger partial charge is 0.169 e. The van der Waals surface area contributed by atoms with Gasteiger partial charge in [0.2, 0.25) is 0 Å². The molecule has 0 saturated carbocycles. The quantitative estimate of drug-likeness (QED) is 0.137. The summed E-state index contributed by atoms with van der Waals surface area (Å²) in [5.41, 5.74) is 7.75. The fourth-order valence-electron chi connectivity index (χ4n) is 4.54. The molecule has 0 unspecified atom stereocenters. The second-order valence-electron chi connectivity index (χ2n) is 9.49. The molecule has 0 fully saturated rings. The van der Waals surface area contributed by atoms with Crippen molar-refractivity contribution in [2.75, 3.05) is 10.7 Å². The van der Waals surface area contributed by atoms with Crippen LogP contribution in [-0.4, -0.2) is 18.7 Å². The van der Waals surface area contributed by atoms with E-state index in [0.29, 0.717) is 13.0 Å². The van der Waals surface area contributed by atoms with Crippen LogP contribution in [0.3, 0.4) is 0 Å². The van der Waals surface area contributed by atoms with Gasteiger partial charge in [-0.25, -0.2) is 13.0 Å². The number of aryl methyl sites for hydroxylation is 1. The van der Waals surface area contributed by atoms with Gasteiger partial charge >= 0.3 is 0 Å². The summed E-state index contributed by atoms with van der Waals surface area (Å²) in [7, 11) is -4.17. The van der Waals surface area contributed by atoms with Crippen LogP contribution in [-0.2, 0) is 16.7 Å². The van der Waals surface area contributed by atoms with Crippen LogP contribution in [0.25, 0.3) is 23.3 Å². The van der Waals surface area contributed by atoms with Crippen LogP contribution in [0.15, 0.2) is 134 Å². The molecule has 0 atom stereocenters. The molecule has 5 nitrogen and oxygen atoms in total. The first-order chi connectivity index (χ1) is 19.4. The fraction of sp³-hybridized carbons (Fsp3) is 0.0882. The molecule has 0 bridgehead atoms. The number of pyridine rings is 1. The minimum absolute atomic E-state index is 0.305. The Morgan fingerprint density at radius 2 is 1.05 bits per heavy atom. The number of hydrogen-bond acceptors (Lipinski definition) is 4. The number of hydrogen-bond donors (Lipinski definition) is 0. The molecule has 0 aliphatic rings. The lowest BCUT2D eigenvalue weighted by Crippen LogP contribution is -2.33. The Hall–Kier alpha value is -4.52. The van der Waals surface area contributed by atoms with E-state index in [-0.39, 0.29) is 5.75 Å². The molecule has 0 aliphatic heterocycles. The Kier molecular flexibility index (Phi) is 8.50. The van der Waals surface area contributed by atoms with Crippen molar-refractivity contribution in [3.05, 3.63) is 145 Å². The highest BCUT2D eigenvalue weighted by Gasteiger charge is 2.12. The van der Waals surface area contributed by atoms with Crippen LogP contribution in [0, 0.1) is 0 Å². The van der Waals surface area contributed by atoms with E-state index in [9.17, 15) is 13.0 Å². The van der Waals surface area contributed by atoms with E-state index in [1.165, 1.54) is 0 Å². The summed E-state index contributed by atoms with van der Waals surface area (Å²) in [4.78, 5) is 2.25. The topological polar surface area (TPSA) is 64.3 Å². The summed E-state index contributed by atoms with van der Waals surface area (Å²) in [6.45, 7) is 0.491. The number of para-hydroxylation sites is 2. The van der Waals surface area contributed by atoms with Crippen LogP contribution < -0.4 is 9.47 Å². The van der Waals surface area contributed by atoms with Gasteiger partial charge in [-0.3, -0.25) is 0 Å². The maximum Gasteiger partial charge on any atom is 0.169 e. The largest absolute Gasteiger partial charge is 0.748 e. The van der Waals surface area contributed by atoms with Gasteiger partial charge in [0.05, 0.1) is 10.1 Å². The first-order valence-electron chi connectivity index (χ1n) is 13.2. The van der Waals surface area contributed by atoms with Crippen molar-refractivity contribution < 1.29 is 17.5 Å². The van der Waals surface area contributed by atoms with Crippen molar-refractivity contribution in [2.45, 2.75) is 13.0 Å². The predicted octanol–water partition coefficient (Wildman–Crippen LogP) is 7.22. The fourth-order valence-corrected chi connectivity index (χ4v) is 5.02. The number of anilines is 3. The van der Waals surface area contributed by atoms with Gasteiger partial charge in [-0.05, 0) is 58.7 Å². The van der Waals surface area contributed by atoms with Crippen molar-refractivity contribution in [3.63, 3.8) is 0 Å². The number of nitrogens with zero attached hydrogens (tertiary/aromatic N) is 2. The minimum atomic E-state index is -4.17. The summed E-state index contributed by atoms with van der Waals surface area (Å²) in [6, 6.07) is 41.8. The molecule has 0 amide bonds. The SMILES string of the molecule is O=S(=O)([O-])CCC[n+]1ccc(/C=C/c2ccc(-c3ccc(N(c4ccccc4)c4ccccc4)cc3)cc2)cc1. The van der Waals surface area contributed by atoms with Crippen molar-refractivity contribution in [3.8, 4) is 11.1 Å². The van der Waals surface area contributed by atoms with Crippen LogP contribution in [0.1, 0.15) is 17.5 Å². The van der Waals surface area contributed by atoms with Gasteiger partial charge < -0.3 is 9.45 Å². The van der Waals surface area contributed by atoms with Crippen molar-refractivity contribution in [1.82, 2.24) is 0 Å². The third-order valence-electron chi connectivity index (χ3n) is 6.59. The molecule has 1 heterocycles. The van der Waals surface area contributed by atoms with Crippen molar-refractivity contribution in [1.29, 1.82) is 0 Å². The summed E-state index contributed by atoms with van der Waals surface area (Å²) in [5.74, 6) is -0.346. The predicted molar refractivity (Wildman–Crippen MR) is 161 cm³/mol. The normalized spacial score (nSPS) is 11.5. The Morgan fingerprint density at radius 3 is 1.55 bits per heavy atom. The molecule has 0 radical (unpaired) electrons. The molecule has 6 heteroatoms. The zero-order chi connectivity index (χ0) is 27.8. The van der Waals surface area contributed by atoms with Crippen molar-refractivity contribution >= 4 is 39.3 Å². The Labute approximate surface area is 236 Å². The summed E-state index contributed by atoms with van der Waals surface area (Å²) < 4.78 is 34.1. The number of aromatic nitrogens is 1. The zero-order valence-electron chi connectivity index (χ0n) is 22.0.